The molecule has 0 saturated carbocycles. The smallest absolute Gasteiger partial charge is 0.157 e. The van der Waals surface area contributed by atoms with Crippen LogP contribution in [0.2, 0.25) is 0 Å². The second-order valence-corrected chi connectivity index (χ2v) is 6.33. The lowest BCUT2D eigenvalue weighted by molar-refractivity contribution is 0.685. The number of pyridine rings is 1. The zero-order chi connectivity index (χ0) is 16.6. The summed E-state index contributed by atoms with van der Waals surface area (Å²) in [4.78, 5) is 4.71. The normalized spacial score (nSPS) is 11.3. The summed E-state index contributed by atoms with van der Waals surface area (Å²) in [5.74, 6) is 1.61. The molecule has 2 heterocycles. The lowest BCUT2D eigenvalue weighted by Gasteiger charge is -2.19. The fourth-order valence-electron chi connectivity index (χ4n) is 3.10. The van der Waals surface area contributed by atoms with Crippen LogP contribution in [-0.4, -0.2) is 15.9 Å². The quantitative estimate of drug-likeness (QED) is 0.782. The molecule has 4 heteroatoms. The van der Waals surface area contributed by atoms with Gasteiger partial charge in [0.15, 0.2) is 5.65 Å². The number of hydrogen-bond acceptors (Lipinski definition) is 3. The van der Waals surface area contributed by atoms with Crippen LogP contribution in [0.4, 0.5) is 5.82 Å². The molecule has 0 aliphatic rings. The van der Waals surface area contributed by atoms with Crippen LogP contribution >= 0.6 is 0 Å². The number of nitrogens with zero attached hydrogens (tertiary/aromatic N) is 3. The van der Waals surface area contributed by atoms with Crippen molar-refractivity contribution in [3.8, 4) is 6.07 Å². The molecule has 0 bridgehead atoms. The molecular weight excluding hydrogens is 284 g/mol. The van der Waals surface area contributed by atoms with E-state index in [1.165, 1.54) is 5.56 Å². The van der Waals surface area contributed by atoms with Gasteiger partial charge in [-0.25, -0.2) is 4.98 Å². The Morgan fingerprint density at radius 3 is 2.70 bits per heavy atom. The number of aromatic nitrogens is 2. The topological polar surface area (TPSA) is 53.1 Å². The highest BCUT2D eigenvalue weighted by Crippen LogP contribution is 2.31. The lowest BCUT2D eigenvalue weighted by Crippen LogP contribution is -2.14. The summed E-state index contributed by atoms with van der Waals surface area (Å²) in [5, 5.41) is 13.2. The highest BCUT2D eigenvalue weighted by atomic mass is 15.1. The molecule has 0 fully saturated rings. The third-order valence-corrected chi connectivity index (χ3v) is 4.26. The van der Waals surface area contributed by atoms with Crippen LogP contribution in [0.15, 0.2) is 24.3 Å². The molecule has 0 spiro atoms. The Bertz CT molecular complexity index is 913. The summed E-state index contributed by atoms with van der Waals surface area (Å²) in [6.45, 7) is 9.43. The van der Waals surface area contributed by atoms with Crippen LogP contribution < -0.4 is 5.32 Å². The fourth-order valence-corrected chi connectivity index (χ4v) is 3.10. The zero-order valence-corrected chi connectivity index (χ0v) is 14.1. The highest BCUT2D eigenvalue weighted by Gasteiger charge is 2.19. The molecule has 2 aromatic heterocycles. The van der Waals surface area contributed by atoms with Crippen molar-refractivity contribution in [2.75, 3.05) is 11.9 Å². The number of fused-ring (bicyclic) bond motifs is 3. The number of para-hydroxylation sites is 2. The maximum absolute atomic E-state index is 9.65. The summed E-state index contributed by atoms with van der Waals surface area (Å²) >= 11 is 0. The van der Waals surface area contributed by atoms with Crippen molar-refractivity contribution in [3.05, 3.63) is 41.0 Å². The Labute approximate surface area is 136 Å². The first-order valence-corrected chi connectivity index (χ1v) is 8.15. The van der Waals surface area contributed by atoms with Crippen molar-refractivity contribution in [2.45, 2.75) is 34.1 Å². The molecule has 1 aromatic carbocycles. The van der Waals surface area contributed by atoms with Crippen LogP contribution in [0.1, 0.15) is 37.5 Å². The van der Waals surface area contributed by atoms with Crippen molar-refractivity contribution < 1.29 is 0 Å². The van der Waals surface area contributed by atoms with E-state index >= 15 is 0 Å². The third-order valence-electron chi connectivity index (χ3n) is 4.26. The summed E-state index contributed by atoms with van der Waals surface area (Å²) in [6, 6.07) is 10.4. The van der Waals surface area contributed by atoms with Gasteiger partial charge in [-0.1, -0.05) is 32.9 Å². The summed E-state index contributed by atoms with van der Waals surface area (Å²) in [6.07, 6.45) is 0.878. The first kappa shape index (κ1) is 15.4. The van der Waals surface area contributed by atoms with Crippen molar-refractivity contribution >= 4 is 22.5 Å². The molecule has 0 radical (unpaired) electrons. The highest BCUT2D eigenvalue weighted by molar-refractivity contribution is 5.86. The monoisotopic (exact) mass is 306 g/mol. The number of nitrogens with one attached hydrogen (secondary N) is 1. The minimum atomic E-state index is 0.542. The molecule has 118 valence electrons. The second-order valence-electron chi connectivity index (χ2n) is 6.33. The van der Waals surface area contributed by atoms with E-state index in [2.05, 4.69) is 42.6 Å². The zero-order valence-electron chi connectivity index (χ0n) is 14.1. The molecule has 1 N–H and O–H groups in total. The number of benzene rings is 1. The summed E-state index contributed by atoms with van der Waals surface area (Å²) in [7, 11) is 0. The molecule has 4 nitrogen and oxygen atoms in total. The molecule has 0 unspecified atom stereocenters. The average Bonchev–Trinajstić information content (AvgIpc) is 2.91. The number of anilines is 1. The van der Waals surface area contributed by atoms with Crippen molar-refractivity contribution in [1.82, 2.24) is 9.38 Å². The van der Waals surface area contributed by atoms with Crippen molar-refractivity contribution in [2.24, 2.45) is 5.92 Å². The van der Waals surface area contributed by atoms with Gasteiger partial charge >= 0.3 is 0 Å². The predicted octanol–water partition coefficient (Wildman–Crippen LogP) is 4.30. The molecule has 0 atom stereocenters. The largest absolute Gasteiger partial charge is 0.371 e. The maximum Gasteiger partial charge on any atom is 0.157 e. The first-order chi connectivity index (χ1) is 11.1. The van der Waals surface area contributed by atoms with Gasteiger partial charge in [0.05, 0.1) is 16.6 Å². The van der Waals surface area contributed by atoms with Crippen LogP contribution in [-0.2, 0) is 6.42 Å². The number of nitriles is 1. The minimum Gasteiger partial charge on any atom is -0.371 e. The average molecular weight is 306 g/mol. The van der Waals surface area contributed by atoms with E-state index in [0.717, 1.165) is 41.0 Å². The van der Waals surface area contributed by atoms with Crippen LogP contribution in [0.3, 0.4) is 0 Å². The molecule has 0 aliphatic carbocycles. The van der Waals surface area contributed by atoms with Gasteiger partial charge < -0.3 is 5.32 Å². The minimum absolute atomic E-state index is 0.542. The molecule has 0 saturated heterocycles. The van der Waals surface area contributed by atoms with Crippen LogP contribution in [0, 0.1) is 24.2 Å². The van der Waals surface area contributed by atoms with Gasteiger partial charge in [-0.3, -0.25) is 4.40 Å². The Hall–Kier alpha value is -2.54. The van der Waals surface area contributed by atoms with Gasteiger partial charge in [0.1, 0.15) is 11.9 Å². The number of rotatable bonds is 4. The fraction of sp³-hybridized carbons (Fsp3) is 0.368. The third kappa shape index (κ3) is 2.43. The molecule has 23 heavy (non-hydrogen) atoms. The molecule has 3 aromatic rings. The van der Waals surface area contributed by atoms with E-state index < -0.39 is 0 Å². The Morgan fingerprint density at radius 1 is 1.30 bits per heavy atom. The van der Waals surface area contributed by atoms with Gasteiger partial charge in [-0.05, 0) is 42.5 Å². The second kappa shape index (κ2) is 5.92. The van der Waals surface area contributed by atoms with Gasteiger partial charge in [0, 0.05) is 6.54 Å². The molecule has 0 amide bonds. The Balaban J connectivity index is 2.44. The SMILES string of the molecule is CCc1c(C)c(C#N)c2nc3ccccc3n2c1NCC(C)C. The molecule has 3 rings (SSSR count). The van der Waals surface area contributed by atoms with E-state index in [-0.39, 0.29) is 0 Å². The number of imidazole rings is 1. The van der Waals surface area contributed by atoms with Gasteiger partial charge in [0.2, 0.25) is 0 Å². The Morgan fingerprint density at radius 2 is 2.04 bits per heavy atom. The van der Waals surface area contributed by atoms with Crippen molar-refractivity contribution in [1.29, 1.82) is 5.26 Å². The predicted molar refractivity (Wildman–Crippen MR) is 94.9 cm³/mol. The van der Waals surface area contributed by atoms with Crippen LogP contribution in [0.25, 0.3) is 16.7 Å². The first-order valence-electron chi connectivity index (χ1n) is 8.15. The van der Waals surface area contributed by atoms with Gasteiger partial charge in [-0.2, -0.15) is 5.26 Å². The Kier molecular flexibility index (Phi) is 3.96. The van der Waals surface area contributed by atoms with E-state index in [1.807, 2.05) is 25.1 Å². The van der Waals surface area contributed by atoms with E-state index in [4.69, 9.17) is 4.98 Å². The van der Waals surface area contributed by atoms with E-state index in [0.29, 0.717) is 11.5 Å². The molecule has 0 aliphatic heterocycles. The van der Waals surface area contributed by atoms with Crippen molar-refractivity contribution in [3.63, 3.8) is 0 Å². The summed E-state index contributed by atoms with van der Waals surface area (Å²) < 4.78 is 2.11. The summed E-state index contributed by atoms with van der Waals surface area (Å²) in [5.41, 5.74) is 5.61. The number of hydrogen-bond donors (Lipinski definition) is 1. The van der Waals surface area contributed by atoms with Crippen LogP contribution in [0.5, 0.6) is 0 Å². The van der Waals surface area contributed by atoms with E-state index in [9.17, 15) is 5.26 Å². The standard InChI is InChI=1S/C19H22N4/c1-5-14-13(4)15(10-20)19-22-16-8-6-7-9-17(16)23(19)18(14)21-11-12(2)3/h6-9,12,21H,5,11H2,1-4H3. The molecular formula is C19H22N4. The lowest BCUT2D eigenvalue weighted by atomic mass is 10.0. The maximum atomic E-state index is 9.65. The van der Waals surface area contributed by atoms with Gasteiger partial charge in [0.25, 0.3) is 0 Å². The van der Waals surface area contributed by atoms with Gasteiger partial charge in [-0.15, -0.1) is 0 Å². The van der Waals surface area contributed by atoms with E-state index in [1.54, 1.807) is 0 Å².